The summed E-state index contributed by atoms with van der Waals surface area (Å²) in [4.78, 5) is 32.6. The number of esters is 1. The molecular formula is C36H48FN3O3S. The summed E-state index contributed by atoms with van der Waals surface area (Å²) in [6, 6.07) is 11.8. The van der Waals surface area contributed by atoms with Crippen molar-refractivity contribution in [3.63, 3.8) is 0 Å². The van der Waals surface area contributed by atoms with Crippen LogP contribution in [0.1, 0.15) is 82.8 Å². The molecule has 0 spiro atoms. The van der Waals surface area contributed by atoms with Gasteiger partial charge in [-0.2, -0.15) is 0 Å². The van der Waals surface area contributed by atoms with E-state index < -0.39 is 0 Å². The van der Waals surface area contributed by atoms with Crippen LogP contribution in [-0.2, 0) is 27.2 Å². The van der Waals surface area contributed by atoms with E-state index in [1.54, 1.807) is 28.4 Å². The maximum Gasteiger partial charge on any atom is 0.310 e. The smallest absolute Gasteiger partial charge is 0.310 e. The first kappa shape index (κ1) is 32.4. The first-order chi connectivity index (χ1) is 21.5. The molecule has 1 amide bonds. The fourth-order valence-electron chi connectivity index (χ4n) is 6.57. The van der Waals surface area contributed by atoms with Gasteiger partial charge in [0.25, 0.3) is 0 Å². The number of thiophene rings is 1. The molecule has 0 unspecified atom stereocenters. The third-order valence-electron chi connectivity index (χ3n) is 9.28. The van der Waals surface area contributed by atoms with E-state index in [0.717, 1.165) is 124 Å². The van der Waals surface area contributed by atoms with Gasteiger partial charge in [-0.25, -0.2) is 4.39 Å². The number of nitrogens with zero attached hydrogens (tertiary/aromatic N) is 3. The van der Waals surface area contributed by atoms with Crippen molar-refractivity contribution < 1.29 is 18.7 Å². The van der Waals surface area contributed by atoms with Gasteiger partial charge in [-0.15, -0.1) is 11.3 Å². The molecule has 1 aromatic heterocycles. The molecule has 1 saturated heterocycles. The Labute approximate surface area is 266 Å². The summed E-state index contributed by atoms with van der Waals surface area (Å²) in [6.45, 7) is 8.84. The Morgan fingerprint density at radius 3 is 2.41 bits per heavy atom. The number of benzene rings is 2. The Morgan fingerprint density at radius 2 is 1.68 bits per heavy atom. The standard InChI is InChI=1S/C36H48FN3O3S/c1-3-5-7-9-29(10-8-6-4-2)36(42)43-26-40-32-23-27(11-12-28(32)13-14-35(40)41)15-17-38-18-20-39(21-19-38)33-24-30(37)25-34-31(33)16-22-44-34/h11-12,16,22-25,29H,3-10,13-15,17-21,26H2,1-2H3. The number of hydrogen-bond acceptors (Lipinski definition) is 6. The molecule has 0 saturated carbocycles. The molecule has 0 atom stereocenters. The Bertz CT molecular complexity index is 1390. The molecule has 3 aromatic rings. The molecule has 0 N–H and O–H groups in total. The first-order valence-electron chi connectivity index (χ1n) is 16.7. The second-order valence-electron chi connectivity index (χ2n) is 12.4. The Hall–Kier alpha value is -2.97. The molecule has 0 radical (unpaired) electrons. The highest BCUT2D eigenvalue weighted by Gasteiger charge is 2.27. The van der Waals surface area contributed by atoms with E-state index in [1.165, 1.54) is 5.56 Å². The topological polar surface area (TPSA) is 53.1 Å². The molecule has 0 bridgehead atoms. The SMILES string of the molecule is CCCCCC(CCCCC)C(=O)OCN1C(=O)CCc2ccc(CCN3CCN(c4cc(F)cc5sccc45)CC3)cc21. The molecule has 5 rings (SSSR count). The number of ether oxygens (including phenoxy) is 1. The lowest BCUT2D eigenvalue weighted by Crippen LogP contribution is -2.47. The monoisotopic (exact) mass is 621 g/mol. The van der Waals surface area contributed by atoms with E-state index in [2.05, 4.69) is 47.9 Å². The number of unbranched alkanes of at least 4 members (excludes halogenated alkanes) is 4. The van der Waals surface area contributed by atoms with Crippen LogP contribution in [0.2, 0.25) is 0 Å². The molecule has 1 fully saturated rings. The largest absolute Gasteiger partial charge is 0.444 e. The number of hydrogen-bond donors (Lipinski definition) is 0. The van der Waals surface area contributed by atoms with Gasteiger partial charge in [-0.1, -0.05) is 64.5 Å². The van der Waals surface area contributed by atoms with Crippen molar-refractivity contribution in [2.45, 2.75) is 84.5 Å². The van der Waals surface area contributed by atoms with Gasteiger partial charge < -0.3 is 9.64 Å². The predicted molar refractivity (Wildman–Crippen MR) is 179 cm³/mol. The first-order valence-corrected chi connectivity index (χ1v) is 17.6. The van der Waals surface area contributed by atoms with Gasteiger partial charge >= 0.3 is 5.97 Å². The van der Waals surface area contributed by atoms with Gasteiger partial charge in [0.15, 0.2) is 6.73 Å². The minimum atomic E-state index is -0.175. The zero-order valence-corrected chi connectivity index (χ0v) is 27.3. The van der Waals surface area contributed by atoms with Crippen LogP contribution in [0.4, 0.5) is 15.8 Å². The van der Waals surface area contributed by atoms with E-state index in [9.17, 15) is 14.0 Å². The molecule has 0 aliphatic carbocycles. The van der Waals surface area contributed by atoms with Crippen LogP contribution >= 0.6 is 11.3 Å². The van der Waals surface area contributed by atoms with E-state index in [-0.39, 0.29) is 30.3 Å². The molecular weight excluding hydrogens is 573 g/mol. The number of halogens is 1. The average molecular weight is 622 g/mol. The summed E-state index contributed by atoms with van der Waals surface area (Å²) in [5.41, 5.74) is 4.19. The molecule has 8 heteroatoms. The maximum absolute atomic E-state index is 14.2. The minimum Gasteiger partial charge on any atom is -0.444 e. The Balaban J connectivity index is 1.16. The van der Waals surface area contributed by atoms with E-state index in [1.807, 2.05) is 5.38 Å². The number of piperazine rings is 1. The van der Waals surface area contributed by atoms with Gasteiger partial charge in [0, 0.05) is 54.9 Å². The Morgan fingerprint density at radius 1 is 0.932 bits per heavy atom. The highest BCUT2D eigenvalue weighted by molar-refractivity contribution is 7.17. The molecule has 6 nitrogen and oxygen atoms in total. The van der Waals surface area contributed by atoms with Crippen LogP contribution in [0.25, 0.3) is 10.1 Å². The third-order valence-corrected chi connectivity index (χ3v) is 10.1. The molecule has 2 aliphatic heterocycles. The van der Waals surface area contributed by atoms with Crippen molar-refractivity contribution in [2.24, 2.45) is 5.92 Å². The molecule has 2 aliphatic rings. The van der Waals surface area contributed by atoms with Gasteiger partial charge in [0.05, 0.1) is 11.6 Å². The van der Waals surface area contributed by atoms with E-state index >= 15 is 0 Å². The fourth-order valence-corrected chi connectivity index (χ4v) is 7.40. The number of rotatable bonds is 15. The lowest BCUT2D eigenvalue weighted by atomic mass is 9.95. The average Bonchev–Trinajstić information content (AvgIpc) is 3.51. The fraction of sp³-hybridized carbons (Fsp3) is 0.556. The lowest BCUT2D eigenvalue weighted by Gasteiger charge is -2.36. The number of carbonyl (C=O) groups is 2. The summed E-state index contributed by atoms with van der Waals surface area (Å²) >= 11 is 1.58. The minimum absolute atomic E-state index is 0.00832. The van der Waals surface area contributed by atoms with Crippen molar-refractivity contribution >= 4 is 44.7 Å². The number of anilines is 2. The maximum atomic E-state index is 14.2. The predicted octanol–water partition coefficient (Wildman–Crippen LogP) is 7.96. The second-order valence-corrected chi connectivity index (χ2v) is 13.3. The van der Waals surface area contributed by atoms with Crippen LogP contribution in [0.15, 0.2) is 41.8 Å². The van der Waals surface area contributed by atoms with Gasteiger partial charge in [-0.3, -0.25) is 19.4 Å². The summed E-state index contributed by atoms with van der Waals surface area (Å²) < 4.78 is 21.1. The summed E-state index contributed by atoms with van der Waals surface area (Å²) in [5.74, 6) is -0.406. The van der Waals surface area contributed by atoms with Crippen LogP contribution in [0, 0.1) is 11.7 Å². The molecule has 238 valence electrons. The van der Waals surface area contributed by atoms with Crippen molar-refractivity contribution in [3.05, 3.63) is 58.7 Å². The Kier molecular flexibility index (Phi) is 11.7. The van der Waals surface area contributed by atoms with E-state index in [4.69, 9.17) is 4.74 Å². The number of carbonyl (C=O) groups excluding carboxylic acids is 2. The van der Waals surface area contributed by atoms with Crippen LogP contribution in [0.3, 0.4) is 0 Å². The van der Waals surface area contributed by atoms with Gasteiger partial charge in [-0.05, 0) is 66.5 Å². The van der Waals surface area contributed by atoms with Crippen LogP contribution in [-0.4, -0.2) is 56.2 Å². The van der Waals surface area contributed by atoms with E-state index in [0.29, 0.717) is 6.42 Å². The van der Waals surface area contributed by atoms with Gasteiger partial charge in [0.2, 0.25) is 5.91 Å². The number of amides is 1. The quantitative estimate of drug-likeness (QED) is 0.127. The molecule has 3 heterocycles. The second kappa shape index (κ2) is 15.8. The van der Waals surface area contributed by atoms with Crippen molar-refractivity contribution in [3.8, 4) is 0 Å². The van der Waals surface area contributed by atoms with Crippen molar-refractivity contribution in [2.75, 3.05) is 49.3 Å². The highest BCUT2D eigenvalue weighted by atomic mass is 32.1. The zero-order chi connectivity index (χ0) is 30.9. The molecule has 2 aromatic carbocycles. The van der Waals surface area contributed by atoms with Crippen LogP contribution in [0.5, 0.6) is 0 Å². The summed E-state index contributed by atoms with van der Waals surface area (Å²) in [5, 5.41) is 3.16. The highest BCUT2D eigenvalue weighted by Crippen LogP contribution is 2.33. The lowest BCUT2D eigenvalue weighted by molar-refractivity contribution is -0.149. The zero-order valence-electron chi connectivity index (χ0n) is 26.5. The number of fused-ring (bicyclic) bond motifs is 2. The normalized spacial score (nSPS) is 15.8. The van der Waals surface area contributed by atoms with Gasteiger partial charge in [0.1, 0.15) is 5.82 Å². The third kappa shape index (κ3) is 8.19. The summed E-state index contributed by atoms with van der Waals surface area (Å²) in [6.07, 6.45) is 10.3. The molecule has 44 heavy (non-hydrogen) atoms. The summed E-state index contributed by atoms with van der Waals surface area (Å²) in [7, 11) is 0. The number of aryl methyl sites for hydroxylation is 1. The van der Waals surface area contributed by atoms with Crippen molar-refractivity contribution in [1.82, 2.24) is 4.90 Å². The van der Waals surface area contributed by atoms with Crippen molar-refractivity contribution in [1.29, 1.82) is 0 Å². The van der Waals surface area contributed by atoms with Crippen LogP contribution < -0.4 is 9.80 Å².